The average Bonchev–Trinajstić information content (AvgIpc) is 3.07. The molecule has 1 heterocycles. The van der Waals surface area contributed by atoms with Crippen LogP contribution in [-0.4, -0.2) is 38.2 Å². The van der Waals surface area contributed by atoms with Gasteiger partial charge < -0.3 is 18.9 Å². The second-order valence-corrected chi connectivity index (χ2v) is 7.13. The highest BCUT2D eigenvalue weighted by Crippen LogP contribution is 2.37. The minimum absolute atomic E-state index is 0.169. The van der Waals surface area contributed by atoms with Gasteiger partial charge in [0, 0.05) is 5.56 Å². The molecule has 8 heteroatoms. The summed E-state index contributed by atoms with van der Waals surface area (Å²) in [5, 5.41) is 0. The van der Waals surface area contributed by atoms with Crippen LogP contribution in [0.5, 0.6) is 11.5 Å². The number of carbonyl (C=O) groups excluding carboxylic acids is 2. The monoisotopic (exact) mass is 473 g/mol. The second-order valence-electron chi connectivity index (χ2n) is 6.28. The van der Waals surface area contributed by atoms with Crippen molar-refractivity contribution in [2.24, 2.45) is 4.99 Å². The number of hydrogen-bond acceptors (Lipinski definition) is 7. The maximum absolute atomic E-state index is 12.3. The van der Waals surface area contributed by atoms with Gasteiger partial charge in [-0.1, -0.05) is 18.2 Å². The molecule has 0 spiro atoms. The Labute approximate surface area is 182 Å². The smallest absolute Gasteiger partial charge is 0.363 e. The Morgan fingerprint density at radius 1 is 1.27 bits per heavy atom. The largest absolute Gasteiger partial charge is 0.493 e. The first-order valence-corrected chi connectivity index (χ1v) is 9.96. The second kappa shape index (κ2) is 9.58. The van der Waals surface area contributed by atoms with Gasteiger partial charge in [-0.2, -0.15) is 0 Å². The van der Waals surface area contributed by atoms with Crippen molar-refractivity contribution in [2.75, 3.05) is 20.3 Å². The Hall–Kier alpha value is -3.13. The SMILES string of the molecule is CCOC(=O)COc1c(Br)cc(/C=C2\N=C(c3ccccc3C)OC2=O)cc1OC. The van der Waals surface area contributed by atoms with E-state index < -0.39 is 11.9 Å². The molecule has 156 valence electrons. The van der Waals surface area contributed by atoms with Crippen molar-refractivity contribution in [1.82, 2.24) is 0 Å². The maximum Gasteiger partial charge on any atom is 0.363 e. The molecule has 0 aliphatic carbocycles. The van der Waals surface area contributed by atoms with E-state index in [0.29, 0.717) is 21.5 Å². The van der Waals surface area contributed by atoms with Gasteiger partial charge in [-0.25, -0.2) is 14.6 Å². The summed E-state index contributed by atoms with van der Waals surface area (Å²) in [6.45, 7) is 3.66. The van der Waals surface area contributed by atoms with Gasteiger partial charge in [0.1, 0.15) is 0 Å². The standard InChI is InChI=1S/C22H20BrNO6/c1-4-28-19(25)12-29-20-16(23)9-14(11-18(20)27-3)10-17-22(26)30-21(24-17)15-8-6-5-7-13(15)2/h5-11H,4,12H2,1-3H3/b17-10-. The highest BCUT2D eigenvalue weighted by atomic mass is 79.9. The number of nitrogens with zero attached hydrogens (tertiary/aromatic N) is 1. The molecule has 3 rings (SSSR count). The number of methoxy groups -OCH3 is 1. The molecule has 1 aliphatic heterocycles. The molecule has 0 fully saturated rings. The fraction of sp³-hybridized carbons (Fsp3) is 0.227. The van der Waals surface area contributed by atoms with Gasteiger partial charge in [-0.15, -0.1) is 0 Å². The van der Waals surface area contributed by atoms with E-state index in [1.54, 1.807) is 25.1 Å². The molecule has 0 radical (unpaired) electrons. The van der Waals surface area contributed by atoms with Gasteiger partial charge in [0.15, 0.2) is 23.8 Å². The lowest BCUT2D eigenvalue weighted by Gasteiger charge is -2.13. The van der Waals surface area contributed by atoms with Crippen LogP contribution in [0.15, 0.2) is 51.6 Å². The van der Waals surface area contributed by atoms with Crippen molar-refractivity contribution in [3.8, 4) is 11.5 Å². The molecule has 2 aromatic rings. The number of carbonyl (C=O) groups is 2. The van der Waals surface area contributed by atoms with Crippen LogP contribution in [-0.2, 0) is 19.1 Å². The topological polar surface area (TPSA) is 83.4 Å². The summed E-state index contributed by atoms with van der Waals surface area (Å²) in [6, 6.07) is 10.9. The van der Waals surface area contributed by atoms with E-state index in [9.17, 15) is 9.59 Å². The van der Waals surface area contributed by atoms with Crippen LogP contribution >= 0.6 is 15.9 Å². The first kappa shape index (κ1) is 21.6. The van der Waals surface area contributed by atoms with Crippen LogP contribution in [0.2, 0.25) is 0 Å². The normalized spacial score (nSPS) is 14.3. The number of rotatable bonds is 7. The number of aliphatic imine (C=N–C) groups is 1. The van der Waals surface area contributed by atoms with Crippen molar-refractivity contribution in [2.45, 2.75) is 13.8 Å². The van der Waals surface area contributed by atoms with Gasteiger partial charge in [0.05, 0.1) is 18.2 Å². The number of halogens is 1. The third-order valence-electron chi connectivity index (χ3n) is 4.19. The van der Waals surface area contributed by atoms with Gasteiger partial charge in [-0.3, -0.25) is 0 Å². The van der Waals surface area contributed by atoms with Gasteiger partial charge in [-0.05, 0) is 65.2 Å². The predicted octanol–water partition coefficient (Wildman–Crippen LogP) is 4.05. The van der Waals surface area contributed by atoms with E-state index in [2.05, 4.69) is 20.9 Å². The van der Waals surface area contributed by atoms with Crippen LogP contribution in [0.4, 0.5) is 0 Å². The number of hydrogen-bond donors (Lipinski definition) is 0. The molecule has 0 saturated carbocycles. The number of benzene rings is 2. The number of ether oxygens (including phenoxy) is 4. The van der Waals surface area contributed by atoms with E-state index in [-0.39, 0.29) is 24.8 Å². The van der Waals surface area contributed by atoms with Gasteiger partial charge >= 0.3 is 11.9 Å². The Balaban J connectivity index is 1.88. The summed E-state index contributed by atoms with van der Waals surface area (Å²) in [5.74, 6) is -0.0130. The van der Waals surface area contributed by atoms with Crippen LogP contribution in [0.25, 0.3) is 6.08 Å². The molecule has 0 N–H and O–H groups in total. The Kier molecular flexibility index (Phi) is 6.89. The fourth-order valence-corrected chi connectivity index (χ4v) is 3.37. The van der Waals surface area contributed by atoms with Crippen LogP contribution in [0.3, 0.4) is 0 Å². The zero-order chi connectivity index (χ0) is 21.7. The van der Waals surface area contributed by atoms with Crippen molar-refractivity contribution < 1.29 is 28.5 Å². The zero-order valence-electron chi connectivity index (χ0n) is 16.7. The minimum atomic E-state index is -0.536. The molecule has 0 atom stereocenters. The fourth-order valence-electron chi connectivity index (χ4n) is 2.79. The summed E-state index contributed by atoms with van der Waals surface area (Å²) >= 11 is 3.41. The lowest BCUT2D eigenvalue weighted by molar-refractivity contribution is -0.145. The summed E-state index contributed by atoms with van der Waals surface area (Å²) in [5.41, 5.74) is 2.53. The third kappa shape index (κ3) is 4.88. The maximum atomic E-state index is 12.3. The Bertz CT molecular complexity index is 1040. The molecule has 0 saturated heterocycles. The highest BCUT2D eigenvalue weighted by Gasteiger charge is 2.25. The number of cyclic esters (lactones) is 1. The zero-order valence-corrected chi connectivity index (χ0v) is 18.3. The van der Waals surface area contributed by atoms with Crippen molar-refractivity contribution in [3.63, 3.8) is 0 Å². The number of aryl methyl sites for hydroxylation is 1. The molecule has 2 aromatic carbocycles. The number of esters is 2. The van der Waals surface area contributed by atoms with Crippen LogP contribution in [0.1, 0.15) is 23.6 Å². The summed E-state index contributed by atoms with van der Waals surface area (Å²) in [6.07, 6.45) is 1.59. The van der Waals surface area contributed by atoms with E-state index in [0.717, 1.165) is 11.1 Å². The minimum Gasteiger partial charge on any atom is -0.493 e. The summed E-state index contributed by atoms with van der Waals surface area (Å²) < 4.78 is 21.6. The highest BCUT2D eigenvalue weighted by molar-refractivity contribution is 9.10. The molecule has 0 amide bonds. The Morgan fingerprint density at radius 2 is 2.03 bits per heavy atom. The average molecular weight is 474 g/mol. The van der Waals surface area contributed by atoms with E-state index in [1.165, 1.54) is 7.11 Å². The van der Waals surface area contributed by atoms with E-state index >= 15 is 0 Å². The van der Waals surface area contributed by atoms with Crippen molar-refractivity contribution >= 4 is 39.8 Å². The lowest BCUT2D eigenvalue weighted by atomic mass is 10.1. The molecular weight excluding hydrogens is 454 g/mol. The van der Waals surface area contributed by atoms with Gasteiger partial charge in [0.25, 0.3) is 0 Å². The van der Waals surface area contributed by atoms with Crippen LogP contribution < -0.4 is 9.47 Å². The molecule has 0 unspecified atom stereocenters. The quantitative estimate of drug-likeness (QED) is 0.445. The third-order valence-corrected chi connectivity index (χ3v) is 4.78. The molecule has 0 aromatic heterocycles. The molecular formula is C22H20BrNO6. The predicted molar refractivity (Wildman–Crippen MR) is 115 cm³/mol. The summed E-state index contributed by atoms with van der Waals surface area (Å²) in [4.78, 5) is 28.2. The van der Waals surface area contributed by atoms with Crippen molar-refractivity contribution in [1.29, 1.82) is 0 Å². The Morgan fingerprint density at radius 3 is 2.73 bits per heavy atom. The van der Waals surface area contributed by atoms with Crippen LogP contribution in [0, 0.1) is 6.92 Å². The molecule has 30 heavy (non-hydrogen) atoms. The molecule has 0 bridgehead atoms. The molecule has 7 nitrogen and oxygen atoms in total. The first-order chi connectivity index (χ1) is 14.4. The summed E-state index contributed by atoms with van der Waals surface area (Å²) in [7, 11) is 1.48. The lowest BCUT2D eigenvalue weighted by Crippen LogP contribution is -2.15. The van der Waals surface area contributed by atoms with Crippen molar-refractivity contribution in [3.05, 3.63) is 63.3 Å². The first-order valence-electron chi connectivity index (χ1n) is 9.17. The van der Waals surface area contributed by atoms with Gasteiger partial charge in [0.2, 0.25) is 5.90 Å². The molecule has 1 aliphatic rings. The van der Waals surface area contributed by atoms with E-state index in [4.69, 9.17) is 18.9 Å². The van der Waals surface area contributed by atoms with E-state index in [1.807, 2.05) is 31.2 Å².